The summed E-state index contributed by atoms with van der Waals surface area (Å²) in [7, 11) is 1.90. The summed E-state index contributed by atoms with van der Waals surface area (Å²) in [5.41, 5.74) is 0. The highest BCUT2D eigenvalue weighted by molar-refractivity contribution is 5.23. The van der Waals surface area contributed by atoms with Crippen LogP contribution in [0.4, 0.5) is 8.78 Å². The molecule has 0 aliphatic carbocycles. The van der Waals surface area contributed by atoms with Gasteiger partial charge in [0, 0.05) is 24.7 Å². The lowest BCUT2D eigenvalue weighted by Crippen LogP contribution is -2.21. The molecule has 2 nitrogen and oxygen atoms in total. The van der Waals surface area contributed by atoms with Gasteiger partial charge in [-0.15, -0.1) is 6.42 Å². The Kier molecular flexibility index (Phi) is 5.44. The highest BCUT2D eigenvalue weighted by atomic mass is 19.1. The van der Waals surface area contributed by atoms with Crippen molar-refractivity contribution in [2.24, 2.45) is 0 Å². The Hall–Kier alpha value is -1.60. The van der Waals surface area contributed by atoms with E-state index in [-0.39, 0.29) is 5.75 Å². The van der Waals surface area contributed by atoms with Gasteiger partial charge in [-0.05, 0) is 13.5 Å². The number of rotatable bonds is 6. The smallest absolute Gasteiger partial charge is 0.129 e. The highest BCUT2D eigenvalue weighted by Crippen LogP contribution is 2.15. The first-order chi connectivity index (χ1) is 8.11. The molecule has 17 heavy (non-hydrogen) atoms. The van der Waals surface area contributed by atoms with Gasteiger partial charge >= 0.3 is 0 Å². The predicted molar refractivity (Wildman–Crippen MR) is 62.8 cm³/mol. The second kappa shape index (κ2) is 6.87. The summed E-state index contributed by atoms with van der Waals surface area (Å²) in [5.74, 6) is 1.47. The van der Waals surface area contributed by atoms with E-state index in [2.05, 4.69) is 5.92 Å². The van der Waals surface area contributed by atoms with Crippen molar-refractivity contribution < 1.29 is 13.5 Å². The van der Waals surface area contributed by atoms with E-state index < -0.39 is 11.6 Å². The quantitative estimate of drug-likeness (QED) is 0.558. The van der Waals surface area contributed by atoms with Crippen molar-refractivity contribution in [1.82, 2.24) is 4.90 Å². The molecule has 0 N–H and O–H groups in total. The zero-order chi connectivity index (χ0) is 12.7. The van der Waals surface area contributed by atoms with Crippen LogP contribution < -0.4 is 4.74 Å². The van der Waals surface area contributed by atoms with Crippen LogP contribution in [0.25, 0.3) is 0 Å². The lowest BCUT2D eigenvalue weighted by atomic mass is 10.3. The molecular weight excluding hydrogens is 224 g/mol. The van der Waals surface area contributed by atoms with Crippen molar-refractivity contribution in [3.8, 4) is 18.1 Å². The van der Waals surface area contributed by atoms with Crippen LogP contribution in [0.1, 0.15) is 6.42 Å². The maximum Gasteiger partial charge on any atom is 0.129 e. The summed E-state index contributed by atoms with van der Waals surface area (Å²) >= 11 is 0. The van der Waals surface area contributed by atoms with Crippen LogP contribution >= 0.6 is 0 Å². The van der Waals surface area contributed by atoms with Crippen molar-refractivity contribution in [1.29, 1.82) is 0 Å². The standard InChI is InChI=1S/C13H15F2NO/c1-3-5-16(2)6-4-7-17-13-9-11(14)8-12(15)10-13/h1,8-10H,4-7H2,2H3. The lowest BCUT2D eigenvalue weighted by molar-refractivity contribution is 0.272. The average Bonchev–Trinajstić information content (AvgIpc) is 2.23. The molecule has 0 saturated carbocycles. The second-order valence-corrected chi connectivity index (χ2v) is 3.75. The van der Waals surface area contributed by atoms with Gasteiger partial charge in [0.15, 0.2) is 0 Å². The van der Waals surface area contributed by atoms with E-state index in [9.17, 15) is 8.78 Å². The molecule has 0 unspecified atom stereocenters. The van der Waals surface area contributed by atoms with Crippen molar-refractivity contribution in [2.75, 3.05) is 26.7 Å². The van der Waals surface area contributed by atoms with E-state index in [0.29, 0.717) is 13.2 Å². The number of benzene rings is 1. The average molecular weight is 239 g/mol. The molecule has 1 aromatic rings. The van der Waals surface area contributed by atoms with E-state index in [0.717, 1.165) is 31.2 Å². The van der Waals surface area contributed by atoms with E-state index >= 15 is 0 Å². The molecule has 92 valence electrons. The summed E-state index contributed by atoms with van der Waals surface area (Å²) < 4.78 is 30.9. The number of terminal acetylenes is 1. The van der Waals surface area contributed by atoms with Crippen LogP contribution in [0.2, 0.25) is 0 Å². The first-order valence-corrected chi connectivity index (χ1v) is 5.32. The van der Waals surface area contributed by atoms with Crippen molar-refractivity contribution in [3.63, 3.8) is 0 Å². The summed E-state index contributed by atoms with van der Waals surface area (Å²) in [6, 6.07) is 3.13. The number of hydrogen-bond acceptors (Lipinski definition) is 2. The fourth-order valence-electron chi connectivity index (χ4n) is 1.37. The minimum absolute atomic E-state index is 0.210. The predicted octanol–water partition coefficient (Wildman–Crippen LogP) is 2.30. The summed E-state index contributed by atoms with van der Waals surface area (Å²) in [6.07, 6.45) is 5.90. The van der Waals surface area contributed by atoms with Gasteiger partial charge in [0.05, 0.1) is 13.2 Å². The first-order valence-electron chi connectivity index (χ1n) is 5.32. The molecule has 0 saturated heterocycles. The Balaban J connectivity index is 2.29. The molecule has 0 bridgehead atoms. The van der Waals surface area contributed by atoms with Gasteiger partial charge in [-0.25, -0.2) is 8.78 Å². The molecule has 0 amide bonds. The monoisotopic (exact) mass is 239 g/mol. The molecule has 1 rings (SSSR count). The minimum Gasteiger partial charge on any atom is -0.493 e. The van der Waals surface area contributed by atoms with Gasteiger partial charge in [0.2, 0.25) is 0 Å². The van der Waals surface area contributed by atoms with Crippen LogP contribution in [-0.2, 0) is 0 Å². The Morgan fingerprint density at radius 2 is 1.94 bits per heavy atom. The summed E-state index contributed by atoms with van der Waals surface area (Å²) in [4.78, 5) is 1.97. The van der Waals surface area contributed by atoms with Gasteiger partial charge in [-0.3, -0.25) is 4.90 Å². The molecule has 0 fully saturated rings. The molecule has 4 heteroatoms. The van der Waals surface area contributed by atoms with Gasteiger partial charge < -0.3 is 4.74 Å². The normalized spacial score (nSPS) is 10.3. The zero-order valence-electron chi connectivity index (χ0n) is 9.75. The molecule has 0 aliphatic rings. The zero-order valence-corrected chi connectivity index (χ0v) is 9.75. The third-order valence-electron chi connectivity index (χ3n) is 2.15. The van der Waals surface area contributed by atoms with Gasteiger partial charge in [-0.2, -0.15) is 0 Å². The Labute approximate surface area is 100 Å². The first kappa shape index (κ1) is 13.5. The molecule has 0 aliphatic heterocycles. The van der Waals surface area contributed by atoms with E-state index in [1.165, 1.54) is 0 Å². The van der Waals surface area contributed by atoms with Crippen LogP contribution in [0.5, 0.6) is 5.75 Å². The van der Waals surface area contributed by atoms with E-state index in [1.54, 1.807) is 0 Å². The van der Waals surface area contributed by atoms with Crippen molar-refractivity contribution in [3.05, 3.63) is 29.8 Å². The van der Waals surface area contributed by atoms with E-state index in [1.807, 2.05) is 11.9 Å². The maximum absolute atomic E-state index is 12.8. The molecule has 1 aromatic carbocycles. The minimum atomic E-state index is -0.635. The second-order valence-electron chi connectivity index (χ2n) is 3.75. The number of hydrogen-bond donors (Lipinski definition) is 0. The Bertz CT molecular complexity index is 381. The van der Waals surface area contributed by atoms with Crippen molar-refractivity contribution >= 4 is 0 Å². The molecule has 0 heterocycles. The van der Waals surface area contributed by atoms with Crippen LogP contribution in [0, 0.1) is 24.0 Å². The Morgan fingerprint density at radius 1 is 1.29 bits per heavy atom. The van der Waals surface area contributed by atoms with Crippen LogP contribution in [0.3, 0.4) is 0 Å². The third-order valence-corrected chi connectivity index (χ3v) is 2.15. The molecule has 0 spiro atoms. The van der Waals surface area contributed by atoms with Gasteiger partial charge in [0.25, 0.3) is 0 Å². The Morgan fingerprint density at radius 3 is 2.53 bits per heavy atom. The largest absolute Gasteiger partial charge is 0.493 e. The highest BCUT2D eigenvalue weighted by Gasteiger charge is 2.01. The molecule has 0 aromatic heterocycles. The fraction of sp³-hybridized carbons (Fsp3) is 0.385. The summed E-state index contributed by atoms with van der Waals surface area (Å²) in [6.45, 7) is 1.76. The van der Waals surface area contributed by atoms with Crippen LogP contribution in [0.15, 0.2) is 18.2 Å². The van der Waals surface area contributed by atoms with Crippen molar-refractivity contribution in [2.45, 2.75) is 6.42 Å². The molecule has 0 radical (unpaired) electrons. The topological polar surface area (TPSA) is 12.5 Å². The molecular formula is C13H15F2NO. The third kappa shape index (κ3) is 5.32. The number of nitrogens with zero attached hydrogens (tertiary/aromatic N) is 1. The number of halogens is 2. The van der Waals surface area contributed by atoms with Gasteiger partial charge in [0.1, 0.15) is 17.4 Å². The SMILES string of the molecule is C#CCN(C)CCCOc1cc(F)cc(F)c1. The lowest BCUT2D eigenvalue weighted by Gasteiger charge is -2.13. The molecule has 0 atom stereocenters. The fourth-order valence-corrected chi connectivity index (χ4v) is 1.37. The summed E-state index contributed by atoms with van der Waals surface area (Å²) in [5, 5.41) is 0. The van der Waals surface area contributed by atoms with E-state index in [4.69, 9.17) is 11.2 Å². The van der Waals surface area contributed by atoms with Crippen LogP contribution in [-0.4, -0.2) is 31.6 Å². The number of ether oxygens (including phenoxy) is 1. The maximum atomic E-state index is 12.8. The van der Waals surface area contributed by atoms with Gasteiger partial charge in [-0.1, -0.05) is 5.92 Å².